The van der Waals surface area contributed by atoms with E-state index in [1.165, 1.54) is 23.6 Å². The van der Waals surface area contributed by atoms with Crippen LogP contribution < -0.4 is 4.90 Å². The van der Waals surface area contributed by atoms with E-state index >= 15 is 0 Å². The summed E-state index contributed by atoms with van der Waals surface area (Å²) in [5.74, 6) is 2.47. The van der Waals surface area contributed by atoms with Crippen molar-refractivity contribution in [2.75, 3.05) is 29.5 Å². The van der Waals surface area contributed by atoms with E-state index in [2.05, 4.69) is 17.0 Å². The molecule has 0 saturated carbocycles. The summed E-state index contributed by atoms with van der Waals surface area (Å²) in [7, 11) is 0. The zero-order valence-electron chi connectivity index (χ0n) is 9.61. The van der Waals surface area contributed by atoms with Crippen molar-refractivity contribution in [1.29, 1.82) is 0 Å². The Balaban J connectivity index is 2.19. The van der Waals surface area contributed by atoms with Crippen LogP contribution >= 0.6 is 11.8 Å². The number of thioether (sulfide) groups is 1. The third kappa shape index (κ3) is 2.59. The number of rotatable bonds is 2. The molecule has 86 valence electrons. The van der Waals surface area contributed by atoms with Crippen LogP contribution in [0.2, 0.25) is 0 Å². The molecular formula is C13H17NOS. The maximum atomic E-state index is 10.8. The van der Waals surface area contributed by atoms with Crippen molar-refractivity contribution < 1.29 is 4.79 Å². The van der Waals surface area contributed by atoms with Gasteiger partial charge in [-0.1, -0.05) is 0 Å². The average Bonchev–Trinajstić information content (AvgIpc) is 2.57. The van der Waals surface area contributed by atoms with Crippen LogP contribution in [-0.2, 0) is 0 Å². The molecule has 3 heteroatoms. The maximum absolute atomic E-state index is 10.8. The highest BCUT2D eigenvalue weighted by molar-refractivity contribution is 7.99. The predicted octanol–water partition coefficient (Wildman–Crippen LogP) is 2.75. The van der Waals surface area contributed by atoms with E-state index in [4.69, 9.17) is 0 Å². The fourth-order valence-electron chi connectivity index (χ4n) is 1.99. The Kier molecular flexibility index (Phi) is 3.88. The number of aryl methyl sites for hydroxylation is 1. The molecule has 0 radical (unpaired) electrons. The standard InChI is InChI=1S/C13H17NOS/c1-11-9-13(4-3-12(11)10-15)14-5-2-7-16-8-6-14/h3-4,9-10H,2,5-8H2,1H3. The SMILES string of the molecule is Cc1cc(N2CCCSCC2)ccc1C=O. The lowest BCUT2D eigenvalue weighted by Crippen LogP contribution is -2.25. The normalized spacial score (nSPS) is 16.9. The molecule has 1 saturated heterocycles. The zero-order valence-corrected chi connectivity index (χ0v) is 10.4. The van der Waals surface area contributed by atoms with Crippen molar-refractivity contribution in [2.24, 2.45) is 0 Å². The van der Waals surface area contributed by atoms with Crippen molar-refractivity contribution in [3.8, 4) is 0 Å². The van der Waals surface area contributed by atoms with Crippen LogP contribution in [0, 0.1) is 6.92 Å². The van der Waals surface area contributed by atoms with Gasteiger partial charge in [-0.15, -0.1) is 0 Å². The third-order valence-electron chi connectivity index (χ3n) is 2.97. The van der Waals surface area contributed by atoms with Gasteiger partial charge < -0.3 is 4.90 Å². The first-order valence-corrected chi connectivity index (χ1v) is 6.85. The van der Waals surface area contributed by atoms with E-state index < -0.39 is 0 Å². The fourth-order valence-corrected chi connectivity index (χ4v) is 2.88. The molecule has 2 nitrogen and oxygen atoms in total. The van der Waals surface area contributed by atoms with E-state index in [1.54, 1.807) is 0 Å². The molecule has 0 spiro atoms. The predicted molar refractivity (Wildman–Crippen MR) is 70.7 cm³/mol. The smallest absolute Gasteiger partial charge is 0.150 e. The van der Waals surface area contributed by atoms with Gasteiger partial charge in [0, 0.05) is 30.1 Å². The summed E-state index contributed by atoms with van der Waals surface area (Å²) in [6.07, 6.45) is 2.18. The highest BCUT2D eigenvalue weighted by Gasteiger charge is 2.10. The van der Waals surface area contributed by atoms with Crippen LogP contribution in [0.1, 0.15) is 22.3 Å². The minimum absolute atomic E-state index is 0.799. The monoisotopic (exact) mass is 235 g/mol. The second-order valence-corrected chi connectivity index (χ2v) is 5.34. The Labute approximate surface area is 101 Å². The first-order valence-electron chi connectivity index (χ1n) is 5.70. The summed E-state index contributed by atoms with van der Waals surface area (Å²) in [6, 6.07) is 6.11. The molecule has 0 aliphatic carbocycles. The molecule has 0 atom stereocenters. The van der Waals surface area contributed by atoms with Gasteiger partial charge in [-0.2, -0.15) is 11.8 Å². The summed E-state index contributed by atoms with van der Waals surface area (Å²) >= 11 is 2.03. The van der Waals surface area contributed by atoms with E-state index in [0.29, 0.717) is 0 Å². The van der Waals surface area contributed by atoms with Crippen LogP contribution in [0.4, 0.5) is 5.69 Å². The quantitative estimate of drug-likeness (QED) is 0.735. The second kappa shape index (κ2) is 5.39. The van der Waals surface area contributed by atoms with Gasteiger partial charge >= 0.3 is 0 Å². The second-order valence-electron chi connectivity index (χ2n) is 4.11. The van der Waals surface area contributed by atoms with Crippen LogP contribution in [-0.4, -0.2) is 30.9 Å². The van der Waals surface area contributed by atoms with Crippen LogP contribution in [0.15, 0.2) is 18.2 Å². The van der Waals surface area contributed by atoms with E-state index in [0.717, 1.165) is 30.5 Å². The minimum atomic E-state index is 0.799. The molecular weight excluding hydrogens is 218 g/mol. The first kappa shape index (κ1) is 11.5. The van der Waals surface area contributed by atoms with E-state index in [-0.39, 0.29) is 0 Å². The number of anilines is 1. The van der Waals surface area contributed by atoms with Gasteiger partial charge in [0.2, 0.25) is 0 Å². The van der Waals surface area contributed by atoms with Crippen molar-refractivity contribution in [3.05, 3.63) is 29.3 Å². The van der Waals surface area contributed by atoms with Crippen LogP contribution in [0.3, 0.4) is 0 Å². The molecule has 1 fully saturated rings. The first-order chi connectivity index (χ1) is 7.81. The number of carbonyl (C=O) groups is 1. The Morgan fingerprint density at radius 2 is 2.19 bits per heavy atom. The van der Waals surface area contributed by atoms with Crippen molar-refractivity contribution in [3.63, 3.8) is 0 Å². The molecule has 1 aliphatic heterocycles. The molecule has 16 heavy (non-hydrogen) atoms. The van der Waals surface area contributed by atoms with Gasteiger partial charge in [-0.25, -0.2) is 0 Å². The molecule has 1 aromatic carbocycles. The Bertz CT molecular complexity index is 370. The Morgan fingerprint density at radius 3 is 2.94 bits per heavy atom. The van der Waals surface area contributed by atoms with E-state index in [9.17, 15) is 4.79 Å². The minimum Gasteiger partial charge on any atom is -0.371 e. The number of nitrogens with zero attached hydrogens (tertiary/aromatic N) is 1. The van der Waals surface area contributed by atoms with Crippen molar-refractivity contribution in [1.82, 2.24) is 0 Å². The van der Waals surface area contributed by atoms with Crippen molar-refractivity contribution in [2.45, 2.75) is 13.3 Å². The van der Waals surface area contributed by atoms with Gasteiger partial charge in [0.1, 0.15) is 6.29 Å². The van der Waals surface area contributed by atoms with Gasteiger partial charge in [0.15, 0.2) is 0 Å². The van der Waals surface area contributed by atoms with Gasteiger partial charge in [-0.05, 0) is 42.9 Å². The summed E-state index contributed by atoms with van der Waals surface area (Å²) in [5.41, 5.74) is 3.13. The molecule has 0 bridgehead atoms. The van der Waals surface area contributed by atoms with Gasteiger partial charge in [-0.3, -0.25) is 4.79 Å². The molecule has 0 N–H and O–H groups in total. The fraction of sp³-hybridized carbons (Fsp3) is 0.462. The lowest BCUT2D eigenvalue weighted by Gasteiger charge is -2.22. The summed E-state index contributed by atoms with van der Waals surface area (Å²) in [5, 5.41) is 0. The van der Waals surface area contributed by atoms with Gasteiger partial charge in [0.05, 0.1) is 0 Å². The number of benzene rings is 1. The highest BCUT2D eigenvalue weighted by atomic mass is 32.2. The molecule has 0 unspecified atom stereocenters. The molecule has 1 heterocycles. The van der Waals surface area contributed by atoms with Crippen LogP contribution in [0.5, 0.6) is 0 Å². The Morgan fingerprint density at radius 1 is 1.31 bits per heavy atom. The largest absolute Gasteiger partial charge is 0.371 e. The topological polar surface area (TPSA) is 20.3 Å². The summed E-state index contributed by atoms with van der Waals surface area (Å²) in [6.45, 7) is 4.25. The highest BCUT2D eigenvalue weighted by Crippen LogP contribution is 2.21. The molecule has 0 amide bonds. The lowest BCUT2D eigenvalue weighted by atomic mass is 10.1. The molecule has 1 aliphatic rings. The summed E-state index contributed by atoms with van der Waals surface area (Å²) in [4.78, 5) is 13.2. The number of carbonyl (C=O) groups excluding carboxylic acids is 1. The van der Waals surface area contributed by atoms with Gasteiger partial charge in [0.25, 0.3) is 0 Å². The molecule has 1 aromatic rings. The number of hydrogen-bond donors (Lipinski definition) is 0. The maximum Gasteiger partial charge on any atom is 0.150 e. The Hall–Kier alpha value is -0.960. The molecule has 2 rings (SSSR count). The third-order valence-corrected chi connectivity index (χ3v) is 4.02. The summed E-state index contributed by atoms with van der Waals surface area (Å²) < 4.78 is 0. The average molecular weight is 235 g/mol. The lowest BCUT2D eigenvalue weighted by molar-refractivity contribution is 0.112. The zero-order chi connectivity index (χ0) is 11.4. The number of aldehydes is 1. The number of hydrogen-bond acceptors (Lipinski definition) is 3. The van der Waals surface area contributed by atoms with Crippen LogP contribution in [0.25, 0.3) is 0 Å². The molecule has 0 aromatic heterocycles. The van der Waals surface area contributed by atoms with E-state index in [1.807, 2.05) is 24.8 Å². The van der Waals surface area contributed by atoms with Crippen molar-refractivity contribution >= 4 is 23.7 Å².